The molecule has 0 atom stereocenters. The summed E-state index contributed by atoms with van der Waals surface area (Å²) in [4.78, 5) is 29.2. The zero-order valence-electron chi connectivity index (χ0n) is 12.5. The Morgan fingerprint density at radius 1 is 1.22 bits per heavy atom. The van der Waals surface area contributed by atoms with Crippen molar-refractivity contribution in [2.75, 3.05) is 5.32 Å². The van der Waals surface area contributed by atoms with Crippen LogP contribution in [0, 0.1) is 0 Å². The van der Waals surface area contributed by atoms with Gasteiger partial charge in [-0.1, -0.05) is 0 Å². The molecule has 0 spiro atoms. The monoisotopic (exact) mass is 309 g/mol. The summed E-state index contributed by atoms with van der Waals surface area (Å²) in [6.45, 7) is 0. The molecule has 0 radical (unpaired) electrons. The molecule has 1 aliphatic rings. The Morgan fingerprint density at radius 2 is 2.09 bits per heavy atom. The van der Waals surface area contributed by atoms with Gasteiger partial charge in [0.05, 0.1) is 12.5 Å². The number of pyridine rings is 1. The quantitative estimate of drug-likeness (QED) is 0.767. The molecule has 3 aromatic rings. The maximum absolute atomic E-state index is 11.8. The Bertz CT molecular complexity index is 884. The number of hydrogen-bond donors (Lipinski definition) is 2. The number of fused-ring (bicyclic) bond motifs is 1. The first kappa shape index (κ1) is 13.6. The molecule has 3 aromatic heterocycles. The third-order valence-electron chi connectivity index (χ3n) is 3.53. The molecular weight excluding hydrogens is 294 g/mol. The molecule has 0 bridgehead atoms. The van der Waals surface area contributed by atoms with Crippen LogP contribution >= 0.6 is 0 Å². The third-order valence-corrected chi connectivity index (χ3v) is 3.53. The maximum Gasteiger partial charge on any atom is 0.320 e. The summed E-state index contributed by atoms with van der Waals surface area (Å²) >= 11 is 0. The smallest absolute Gasteiger partial charge is 0.320 e. The summed E-state index contributed by atoms with van der Waals surface area (Å²) in [5.74, 6) is 0.447. The first-order chi connectivity index (χ1) is 11.2. The lowest BCUT2D eigenvalue weighted by atomic mass is 10.3. The Labute approximate surface area is 132 Å². The average molecular weight is 309 g/mol. The fourth-order valence-electron chi connectivity index (χ4n) is 2.20. The SMILES string of the molecule is Cn1cnc(-c2cnc3ccc(NC(=O)NC4CC4)nc3n2)c1. The van der Waals surface area contributed by atoms with Gasteiger partial charge in [0.25, 0.3) is 0 Å². The predicted octanol–water partition coefficient (Wildman–Crippen LogP) is 1.71. The lowest BCUT2D eigenvalue weighted by molar-refractivity contribution is 0.251. The predicted molar refractivity (Wildman–Crippen MR) is 84.7 cm³/mol. The van der Waals surface area contributed by atoms with Crippen molar-refractivity contribution in [3.63, 3.8) is 0 Å². The van der Waals surface area contributed by atoms with Crippen LogP contribution in [0.2, 0.25) is 0 Å². The molecule has 0 aromatic carbocycles. The van der Waals surface area contributed by atoms with E-state index in [0.717, 1.165) is 18.5 Å². The second kappa shape index (κ2) is 5.31. The molecule has 0 aliphatic heterocycles. The van der Waals surface area contributed by atoms with Crippen LogP contribution in [-0.2, 0) is 7.05 Å². The molecule has 0 unspecified atom stereocenters. The molecule has 2 amide bonds. The molecular formula is C15H15N7O. The van der Waals surface area contributed by atoms with Gasteiger partial charge in [0.15, 0.2) is 5.65 Å². The minimum atomic E-state index is -0.242. The van der Waals surface area contributed by atoms with E-state index in [1.54, 1.807) is 24.7 Å². The fourth-order valence-corrected chi connectivity index (χ4v) is 2.20. The van der Waals surface area contributed by atoms with Gasteiger partial charge in [-0.3, -0.25) is 10.3 Å². The van der Waals surface area contributed by atoms with E-state index in [0.29, 0.717) is 28.7 Å². The number of aromatic nitrogens is 5. The molecule has 8 heteroatoms. The van der Waals surface area contributed by atoms with Gasteiger partial charge in [-0.05, 0) is 25.0 Å². The minimum Gasteiger partial charge on any atom is -0.340 e. The van der Waals surface area contributed by atoms with E-state index in [-0.39, 0.29) is 6.03 Å². The van der Waals surface area contributed by atoms with Crippen molar-refractivity contribution in [2.45, 2.75) is 18.9 Å². The summed E-state index contributed by atoms with van der Waals surface area (Å²) in [5, 5.41) is 5.57. The number of nitrogens with one attached hydrogen (secondary N) is 2. The summed E-state index contributed by atoms with van der Waals surface area (Å²) in [7, 11) is 1.89. The highest BCUT2D eigenvalue weighted by Gasteiger charge is 2.23. The van der Waals surface area contributed by atoms with Crippen LogP contribution in [0.25, 0.3) is 22.6 Å². The van der Waals surface area contributed by atoms with Crippen molar-refractivity contribution < 1.29 is 4.79 Å². The van der Waals surface area contributed by atoms with E-state index in [1.807, 2.05) is 17.8 Å². The van der Waals surface area contributed by atoms with Crippen LogP contribution in [0.3, 0.4) is 0 Å². The average Bonchev–Trinajstić information content (AvgIpc) is 3.24. The van der Waals surface area contributed by atoms with Crippen molar-refractivity contribution in [3.8, 4) is 11.4 Å². The molecule has 116 valence electrons. The second-order valence-electron chi connectivity index (χ2n) is 5.59. The number of amides is 2. The molecule has 0 saturated heterocycles. The van der Waals surface area contributed by atoms with Crippen molar-refractivity contribution in [3.05, 3.63) is 30.9 Å². The topological polar surface area (TPSA) is 97.6 Å². The Morgan fingerprint density at radius 3 is 2.83 bits per heavy atom. The second-order valence-corrected chi connectivity index (χ2v) is 5.59. The number of anilines is 1. The summed E-state index contributed by atoms with van der Waals surface area (Å²) in [5.41, 5.74) is 2.51. The van der Waals surface area contributed by atoms with Crippen LogP contribution in [0.4, 0.5) is 10.6 Å². The number of rotatable bonds is 3. The van der Waals surface area contributed by atoms with E-state index >= 15 is 0 Å². The van der Waals surface area contributed by atoms with Crippen molar-refractivity contribution >= 4 is 23.0 Å². The largest absolute Gasteiger partial charge is 0.340 e. The Kier molecular flexibility index (Phi) is 3.14. The van der Waals surface area contributed by atoms with Gasteiger partial charge >= 0.3 is 6.03 Å². The van der Waals surface area contributed by atoms with Crippen molar-refractivity contribution in [1.29, 1.82) is 0 Å². The van der Waals surface area contributed by atoms with Gasteiger partial charge < -0.3 is 9.88 Å². The van der Waals surface area contributed by atoms with Crippen molar-refractivity contribution in [1.82, 2.24) is 29.8 Å². The summed E-state index contributed by atoms with van der Waals surface area (Å²) in [6, 6.07) is 3.55. The fraction of sp³-hybridized carbons (Fsp3) is 0.267. The van der Waals surface area contributed by atoms with E-state index in [9.17, 15) is 4.79 Å². The molecule has 23 heavy (non-hydrogen) atoms. The third kappa shape index (κ3) is 2.96. The number of carbonyl (C=O) groups excluding carboxylic acids is 1. The molecule has 4 rings (SSSR count). The Hall–Kier alpha value is -3.03. The first-order valence-electron chi connectivity index (χ1n) is 7.37. The van der Waals surface area contributed by atoms with Gasteiger partial charge in [0.1, 0.15) is 22.7 Å². The van der Waals surface area contributed by atoms with E-state index < -0.39 is 0 Å². The van der Waals surface area contributed by atoms with Crippen LogP contribution in [-0.4, -0.2) is 36.6 Å². The van der Waals surface area contributed by atoms with Gasteiger partial charge in [0, 0.05) is 19.3 Å². The van der Waals surface area contributed by atoms with Crippen LogP contribution in [0.15, 0.2) is 30.9 Å². The molecule has 8 nitrogen and oxygen atoms in total. The van der Waals surface area contributed by atoms with Gasteiger partial charge in [-0.25, -0.2) is 19.7 Å². The number of carbonyl (C=O) groups is 1. The van der Waals surface area contributed by atoms with E-state index in [1.165, 1.54) is 0 Å². The van der Waals surface area contributed by atoms with E-state index in [4.69, 9.17) is 0 Å². The Balaban J connectivity index is 1.62. The number of aryl methyl sites for hydroxylation is 1. The summed E-state index contributed by atoms with van der Waals surface area (Å²) < 4.78 is 1.84. The highest BCUT2D eigenvalue weighted by molar-refractivity contribution is 5.89. The summed E-state index contributed by atoms with van der Waals surface area (Å²) in [6.07, 6.45) is 7.31. The highest BCUT2D eigenvalue weighted by Crippen LogP contribution is 2.19. The number of nitrogens with zero attached hydrogens (tertiary/aromatic N) is 5. The standard InChI is InChI=1S/C15H15N7O/c1-22-7-12(17-8-22)11-6-16-10-4-5-13(20-14(10)19-11)21-15(23)18-9-2-3-9/h4-9H,2-3H2,1H3,(H2,18,19,20,21,23). The van der Waals surface area contributed by atoms with Crippen LogP contribution < -0.4 is 10.6 Å². The lowest BCUT2D eigenvalue weighted by Crippen LogP contribution is -2.30. The lowest BCUT2D eigenvalue weighted by Gasteiger charge is -2.06. The maximum atomic E-state index is 11.8. The molecule has 2 N–H and O–H groups in total. The number of urea groups is 1. The molecule has 1 saturated carbocycles. The normalized spacial score (nSPS) is 14.0. The van der Waals surface area contributed by atoms with Gasteiger partial charge in [-0.2, -0.15) is 0 Å². The van der Waals surface area contributed by atoms with E-state index in [2.05, 4.69) is 30.6 Å². The number of hydrogen-bond acceptors (Lipinski definition) is 5. The minimum absolute atomic E-state index is 0.242. The highest BCUT2D eigenvalue weighted by atomic mass is 16.2. The molecule has 1 fully saturated rings. The molecule has 3 heterocycles. The zero-order valence-corrected chi connectivity index (χ0v) is 12.5. The zero-order chi connectivity index (χ0) is 15.8. The number of imidazole rings is 1. The van der Waals surface area contributed by atoms with Crippen molar-refractivity contribution in [2.24, 2.45) is 7.05 Å². The van der Waals surface area contributed by atoms with Crippen LogP contribution in [0.1, 0.15) is 12.8 Å². The molecule has 1 aliphatic carbocycles. The van der Waals surface area contributed by atoms with Gasteiger partial charge in [-0.15, -0.1) is 0 Å². The first-order valence-corrected chi connectivity index (χ1v) is 7.37. The van der Waals surface area contributed by atoms with Gasteiger partial charge in [0.2, 0.25) is 0 Å². The van der Waals surface area contributed by atoms with Crippen LogP contribution in [0.5, 0.6) is 0 Å².